The van der Waals surface area contributed by atoms with Crippen molar-refractivity contribution in [2.45, 2.75) is 45.6 Å². The van der Waals surface area contributed by atoms with Crippen molar-refractivity contribution in [2.75, 3.05) is 0 Å². The van der Waals surface area contributed by atoms with Crippen LogP contribution in [0.3, 0.4) is 0 Å². The normalized spacial score (nSPS) is 18.9. The van der Waals surface area contributed by atoms with Crippen molar-refractivity contribution in [1.29, 1.82) is 0 Å². The van der Waals surface area contributed by atoms with Crippen LogP contribution in [-0.4, -0.2) is 10.9 Å². The zero-order valence-corrected chi connectivity index (χ0v) is 11.2. The molecule has 3 heteroatoms. The second kappa shape index (κ2) is 4.02. The molecule has 2 rings (SSSR count). The predicted molar refractivity (Wildman–Crippen MR) is 70.1 cm³/mol. The molecule has 96 valence electrons. The average molecular weight is 246 g/mol. The van der Waals surface area contributed by atoms with Crippen LogP contribution < -0.4 is 5.43 Å². The molecular weight excluding hydrogens is 228 g/mol. The Balaban J connectivity index is 2.86. The fourth-order valence-electron chi connectivity index (χ4n) is 2.61. The van der Waals surface area contributed by atoms with Gasteiger partial charge in [-0.2, -0.15) is 0 Å². The van der Waals surface area contributed by atoms with Gasteiger partial charge in [-0.25, -0.2) is 0 Å². The zero-order chi connectivity index (χ0) is 13.7. The van der Waals surface area contributed by atoms with Crippen molar-refractivity contribution in [3.63, 3.8) is 0 Å². The molecular formula is C15H18O3. The molecule has 0 bridgehead atoms. The van der Waals surface area contributed by atoms with E-state index < -0.39 is 5.60 Å². The van der Waals surface area contributed by atoms with Crippen LogP contribution in [0.2, 0.25) is 0 Å². The number of hydrogen-bond acceptors (Lipinski definition) is 3. The number of ketones is 1. The number of fused-ring (bicyclic) bond motifs is 1. The third-order valence-electron chi connectivity index (χ3n) is 3.56. The fourth-order valence-corrected chi connectivity index (χ4v) is 2.61. The molecule has 0 unspecified atom stereocenters. The summed E-state index contributed by atoms with van der Waals surface area (Å²) in [5.41, 5.74) is 1.20. The fraction of sp³-hybridized carbons (Fsp3) is 0.467. The van der Waals surface area contributed by atoms with E-state index >= 15 is 0 Å². The van der Waals surface area contributed by atoms with E-state index in [2.05, 4.69) is 0 Å². The van der Waals surface area contributed by atoms with Crippen LogP contribution in [0, 0.1) is 6.92 Å². The van der Waals surface area contributed by atoms with Gasteiger partial charge in [-0.1, -0.05) is 6.92 Å². The molecule has 0 aliphatic heterocycles. The minimum atomic E-state index is -1.19. The van der Waals surface area contributed by atoms with E-state index in [1.807, 2.05) is 6.92 Å². The summed E-state index contributed by atoms with van der Waals surface area (Å²) in [5.74, 6) is 0.200. The highest BCUT2D eigenvalue weighted by molar-refractivity contribution is 6.02. The summed E-state index contributed by atoms with van der Waals surface area (Å²) in [5, 5.41) is 10.1. The van der Waals surface area contributed by atoms with Crippen molar-refractivity contribution >= 4 is 5.78 Å². The Morgan fingerprint density at radius 3 is 2.44 bits per heavy atom. The van der Waals surface area contributed by atoms with Gasteiger partial charge in [0.25, 0.3) is 0 Å². The lowest BCUT2D eigenvalue weighted by molar-refractivity contribution is 0.0775. The molecule has 0 amide bonds. The molecule has 1 aliphatic carbocycles. The van der Waals surface area contributed by atoms with E-state index in [1.54, 1.807) is 26.8 Å². The zero-order valence-electron chi connectivity index (χ0n) is 11.2. The molecule has 0 heterocycles. The monoisotopic (exact) mass is 246 g/mol. The number of aryl methyl sites for hydroxylation is 1. The molecule has 1 N–H and O–H groups in total. The van der Waals surface area contributed by atoms with Gasteiger partial charge in [0.1, 0.15) is 0 Å². The van der Waals surface area contributed by atoms with Gasteiger partial charge in [0, 0.05) is 17.5 Å². The topological polar surface area (TPSA) is 54.4 Å². The van der Waals surface area contributed by atoms with Crippen molar-refractivity contribution in [1.82, 2.24) is 0 Å². The third kappa shape index (κ3) is 1.99. The highest BCUT2D eigenvalue weighted by Crippen LogP contribution is 2.34. The number of Topliss-reactive ketones (excluding diaryl/α,β-unsaturated/α-hetero) is 1. The van der Waals surface area contributed by atoms with Crippen LogP contribution in [0.5, 0.6) is 0 Å². The standard InChI is InChI=1S/C15H18O3/c1-8-5-13(17)14-9(2)6-12(16)11(7-10(8)14)15(3,4)18/h6-8,18H,5H2,1-4H3/t8-/m0/s1. The molecule has 18 heavy (non-hydrogen) atoms. The summed E-state index contributed by atoms with van der Waals surface area (Å²) in [4.78, 5) is 24.0. The summed E-state index contributed by atoms with van der Waals surface area (Å²) < 4.78 is 0. The van der Waals surface area contributed by atoms with E-state index in [4.69, 9.17) is 0 Å². The second-order valence-electron chi connectivity index (χ2n) is 5.67. The lowest BCUT2D eigenvalue weighted by atomic mass is 9.96. The number of carbonyl (C=O) groups is 1. The van der Waals surface area contributed by atoms with Gasteiger partial charge in [-0.15, -0.1) is 0 Å². The molecule has 1 aromatic rings. The highest BCUT2D eigenvalue weighted by atomic mass is 16.3. The van der Waals surface area contributed by atoms with Gasteiger partial charge >= 0.3 is 0 Å². The summed E-state index contributed by atoms with van der Waals surface area (Å²) in [7, 11) is 0. The maximum Gasteiger partial charge on any atom is 0.184 e. The van der Waals surface area contributed by atoms with Crippen molar-refractivity contribution in [3.8, 4) is 0 Å². The Labute approximate surface area is 106 Å². The van der Waals surface area contributed by atoms with Gasteiger partial charge in [0.15, 0.2) is 11.2 Å². The van der Waals surface area contributed by atoms with Crippen LogP contribution in [0.4, 0.5) is 0 Å². The molecule has 0 fully saturated rings. The van der Waals surface area contributed by atoms with Crippen LogP contribution in [0.1, 0.15) is 60.2 Å². The maximum absolute atomic E-state index is 12.1. The SMILES string of the molecule is Cc1cc(=O)c(C(C)(C)O)cc2c1C(=O)C[C@@H]2C. The lowest BCUT2D eigenvalue weighted by Crippen LogP contribution is -2.23. The van der Waals surface area contributed by atoms with Gasteiger partial charge < -0.3 is 5.11 Å². The van der Waals surface area contributed by atoms with Crippen molar-refractivity contribution in [3.05, 3.63) is 44.6 Å². The third-order valence-corrected chi connectivity index (χ3v) is 3.56. The molecule has 0 aromatic heterocycles. The van der Waals surface area contributed by atoms with E-state index in [1.165, 1.54) is 6.07 Å². The molecule has 1 aromatic carbocycles. The Bertz CT molecular complexity index is 579. The maximum atomic E-state index is 12.1. The van der Waals surface area contributed by atoms with Gasteiger partial charge in [0.05, 0.1) is 5.60 Å². The molecule has 0 saturated heterocycles. The summed E-state index contributed by atoms with van der Waals surface area (Å²) >= 11 is 0. The molecule has 0 radical (unpaired) electrons. The average Bonchev–Trinajstić information content (AvgIpc) is 2.37. The summed E-state index contributed by atoms with van der Waals surface area (Å²) in [6, 6.07) is 3.17. The van der Waals surface area contributed by atoms with Crippen LogP contribution >= 0.6 is 0 Å². The van der Waals surface area contributed by atoms with Gasteiger partial charge in [0.2, 0.25) is 0 Å². The number of aliphatic hydroxyl groups is 1. The molecule has 0 saturated carbocycles. The molecule has 0 spiro atoms. The molecule has 3 nitrogen and oxygen atoms in total. The van der Waals surface area contributed by atoms with Crippen LogP contribution in [-0.2, 0) is 5.60 Å². The Hall–Kier alpha value is -1.48. The van der Waals surface area contributed by atoms with E-state index in [9.17, 15) is 14.7 Å². The smallest absolute Gasteiger partial charge is 0.184 e. The van der Waals surface area contributed by atoms with E-state index in [0.29, 0.717) is 23.1 Å². The second-order valence-corrected chi connectivity index (χ2v) is 5.67. The van der Waals surface area contributed by atoms with E-state index in [0.717, 1.165) is 5.56 Å². The Morgan fingerprint density at radius 2 is 1.89 bits per heavy atom. The molecule has 1 atom stereocenters. The van der Waals surface area contributed by atoms with Gasteiger partial charge in [-0.05, 0) is 49.9 Å². The first kappa shape index (κ1) is 13.0. The minimum Gasteiger partial charge on any atom is -0.386 e. The van der Waals surface area contributed by atoms with Crippen molar-refractivity contribution in [2.24, 2.45) is 0 Å². The first-order valence-electron chi connectivity index (χ1n) is 6.16. The first-order valence-corrected chi connectivity index (χ1v) is 6.16. The predicted octanol–water partition coefficient (Wildman–Crippen LogP) is 2.27. The number of rotatable bonds is 1. The van der Waals surface area contributed by atoms with E-state index in [-0.39, 0.29) is 17.1 Å². The van der Waals surface area contributed by atoms with Crippen molar-refractivity contribution < 1.29 is 9.90 Å². The summed E-state index contributed by atoms with van der Waals surface area (Å²) in [6.07, 6.45) is 0.486. The number of hydrogen-bond donors (Lipinski definition) is 1. The van der Waals surface area contributed by atoms with Gasteiger partial charge in [-0.3, -0.25) is 9.59 Å². The highest BCUT2D eigenvalue weighted by Gasteiger charge is 2.30. The Kier molecular flexibility index (Phi) is 2.90. The van der Waals surface area contributed by atoms with Crippen LogP contribution in [0.15, 0.2) is 16.9 Å². The molecule has 1 aliphatic rings. The minimum absolute atomic E-state index is 0.0901. The van der Waals surface area contributed by atoms with Crippen LogP contribution in [0.25, 0.3) is 0 Å². The lowest BCUT2D eigenvalue weighted by Gasteiger charge is -2.16. The number of carbonyl (C=O) groups excluding carboxylic acids is 1. The summed E-state index contributed by atoms with van der Waals surface area (Å²) in [6.45, 7) is 6.94. The first-order chi connectivity index (χ1) is 8.21. The largest absolute Gasteiger partial charge is 0.386 e. The quantitative estimate of drug-likeness (QED) is 0.827. The Morgan fingerprint density at radius 1 is 1.28 bits per heavy atom.